The Morgan fingerprint density at radius 3 is 1.98 bits per heavy atom. The number of amides is 3. The molecule has 0 aromatic heterocycles. The summed E-state index contributed by atoms with van der Waals surface area (Å²) >= 11 is 0. The van der Waals surface area contributed by atoms with Crippen LogP contribution in [0.1, 0.15) is 60.9 Å². The molecule has 2 aromatic rings. The van der Waals surface area contributed by atoms with Crippen LogP contribution in [0.3, 0.4) is 0 Å². The molecule has 1 unspecified atom stereocenters. The van der Waals surface area contributed by atoms with Gasteiger partial charge in [-0.15, -0.1) is 0 Å². The molecule has 43 heavy (non-hydrogen) atoms. The SMILES string of the molecule is CN(C(=O)N1CC[C@H](N(C)C(=O)c2ccc(-c3ccc(C(F)(F)F)cc3)cc2)C1)C1CCN(C2CCC3(CCO3)CC2)C1. The van der Waals surface area contributed by atoms with Gasteiger partial charge in [-0.3, -0.25) is 9.69 Å². The van der Waals surface area contributed by atoms with Gasteiger partial charge in [-0.2, -0.15) is 13.2 Å². The van der Waals surface area contributed by atoms with Crippen molar-refractivity contribution < 1.29 is 27.5 Å². The lowest BCUT2D eigenvalue weighted by molar-refractivity contribution is -0.171. The molecule has 4 fully saturated rings. The summed E-state index contributed by atoms with van der Waals surface area (Å²) in [5.41, 5.74) is 1.36. The normalized spacial score (nSPS) is 27.7. The molecule has 1 spiro atoms. The smallest absolute Gasteiger partial charge is 0.375 e. The number of nitrogens with zero attached hydrogens (tertiary/aromatic N) is 4. The van der Waals surface area contributed by atoms with Crippen LogP contribution in [0.25, 0.3) is 11.1 Å². The second-order valence-electron chi connectivity index (χ2n) is 12.8. The second-order valence-corrected chi connectivity index (χ2v) is 12.8. The van der Waals surface area contributed by atoms with Crippen LogP contribution in [-0.2, 0) is 10.9 Å². The molecule has 2 aromatic carbocycles. The lowest BCUT2D eigenvalue weighted by Crippen LogP contribution is -2.51. The molecule has 3 aliphatic heterocycles. The first-order valence-corrected chi connectivity index (χ1v) is 15.5. The molecule has 3 amide bonds. The number of rotatable bonds is 5. The van der Waals surface area contributed by atoms with Crippen molar-refractivity contribution in [1.29, 1.82) is 0 Å². The van der Waals surface area contributed by atoms with Crippen LogP contribution in [0, 0.1) is 0 Å². The highest BCUT2D eigenvalue weighted by molar-refractivity contribution is 5.95. The quantitative estimate of drug-likeness (QED) is 0.440. The number of halogens is 3. The summed E-state index contributed by atoms with van der Waals surface area (Å²) in [4.78, 5) is 34.8. The van der Waals surface area contributed by atoms with Crippen LogP contribution in [0.15, 0.2) is 48.5 Å². The Balaban J connectivity index is 0.993. The monoisotopic (exact) mass is 598 g/mol. The van der Waals surface area contributed by atoms with E-state index in [1.54, 1.807) is 36.2 Å². The third kappa shape index (κ3) is 6.13. The Morgan fingerprint density at radius 2 is 1.40 bits per heavy atom. The Kier molecular flexibility index (Phi) is 8.19. The van der Waals surface area contributed by atoms with Gasteiger partial charge in [-0.1, -0.05) is 24.3 Å². The van der Waals surface area contributed by atoms with E-state index >= 15 is 0 Å². The minimum atomic E-state index is -4.38. The first kappa shape index (κ1) is 29.9. The van der Waals surface area contributed by atoms with Crippen molar-refractivity contribution in [2.24, 2.45) is 0 Å². The van der Waals surface area contributed by atoms with Gasteiger partial charge >= 0.3 is 12.2 Å². The number of hydrogen-bond donors (Lipinski definition) is 0. The molecule has 6 rings (SSSR count). The van der Waals surface area contributed by atoms with Crippen molar-refractivity contribution in [1.82, 2.24) is 19.6 Å². The largest absolute Gasteiger partial charge is 0.416 e. The minimum absolute atomic E-state index is 0.0292. The van der Waals surface area contributed by atoms with E-state index in [0.717, 1.165) is 56.7 Å². The topological polar surface area (TPSA) is 56.3 Å². The molecule has 7 nitrogen and oxygen atoms in total. The van der Waals surface area contributed by atoms with Crippen molar-refractivity contribution in [2.45, 2.75) is 74.8 Å². The van der Waals surface area contributed by atoms with Crippen LogP contribution in [-0.4, -0.2) is 102 Å². The maximum absolute atomic E-state index is 13.5. The van der Waals surface area contributed by atoms with Crippen LogP contribution < -0.4 is 0 Å². The van der Waals surface area contributed by atoms with Crippen molar-refractivity contribution in [2.75, 3.05) is 46.9 Å². The number of benzene rings is 2. The fourth-order valence-corrected chi connectivity index (χ4v) is 7.33. The molecule has 4 aliphatic rings. The molecule has 2 atom stereocenters. The Hall–Kier alpha value is -3.11. The lowest BCUT2D eigenvalue weighted by atomic mass is 9.77. The third-order valence-corrected chi connectivity index (χ3v) is 10.4. The zero-order valence-electron chi connectivity index (χ0n) is 25.0. The van der Waals surface area contributed by atoms with Crippen molar-refractivity contribution >= 4 is 11.9 Å². The fraction of sp³-hybridized carbons (Fsp3) is 0.576. The Labute approximate surface area is 251 Å². The third-order valence-electron chi connectivity index (χ3n) is 10.4. The molecule has 1 aliphatic carbocycles. The van der Waals surface area contributed by atoms with Gasteiger partial charge in [-0.25, -0.2) is 4.79 Å². The number of ether oxygens (including phenoxy) is 1. The zero-order chi connectivity index (χ0) is 30.4. The summed E-state index contributed by atoms with van der Waals surface area (Å²) in [6.07, 6.45) is 3.18. The number of alkyl halides is 3. The van der Waals surface area contributed by atoms with Gasteiger partial charge in [0.05, 0.1) is 23.8 Å². The summed E-state index contributed by atoms with van der Waals surface area (Å²) in [5, 5.41) is 0. The lowest BCUT2D eigenvalue weighted by Gasteiger charge is -2.48. The molecule has 0 bridgehead atoms. The highest BCUT2D eigenvalue weighted by Crippen LogP contribution is 2.42. The second kappa shape index (κ2) is 11.8. The van der Waals surface area contributed by atoms with E-state index in [9.17, 15) is 22.8 Å². The van der Waals surface area contributed by atoms with E-state index in [2.05, 4.69) is 4.90 Å². The highest BCUT2D eigenvalue weighted by atomic mass is 19.4. The molecule has 10 heteroatoms. The summed E-state index contributed by atoms with van der Waals surface area (Å²) in [6, 6.07) is 12.6. The molecule has 1 saturated carbocycles. The molecular formula is C33H41F3N4O3. The molecule has 3 saturated heterocycles. The van der Waals surface area contributed by atoms with Gasteiger partial charge in [0.15, 0.2) is 0 Å². The van der Waals surface area contributed by atoms with E-state index < -0.39 is 11.7 Å². The minimum Gasteiger partial charge on any atom is -0.375 e. The van der Waals surface area contributed by atoms with Crippen molar-refractivity contribution in [3.8, 4) is 11.1 Å². The predicted octanol–water partition coefficient (Wildman–Crippen LogP) is 5.75. The number of likely N-dealkylation sites (N-methyl/N-ethyl adjacent to an activating group) is 2. The summed E-state index contributed by atoms with van der Waals surface area (Å²) in [5.74, 6) is -0.139. The van der Waals surface area contributed by atoms with Gasteiger partial charge in [0.2, 0.25) is 0 Å². The number of carbonyl (C=O) groups is 2. The molecule has 0 N–H and O–H groups in total. The van der Waals surface area contributed by atoms with E-state index in [1.165, 1.54) is 31.4 Å². The van der Waals surface area contributed by atoms with E-state index in [4.69, 9.17) is 4.74 Å². The van der Waals surface area contributed by atoms with Gasteiger partial charge < -0.3 is 19.4 Å². The van der Waals surface area contributed by atoms with E-state index in [1.807, 2.05) is 16.8 Å². The van der Waals surface area contributed by atoms with E-state index in [-0.39, 0.29) is 29.6 Å². The number of hydrogen-bond acceptors (Lipinski definition) is 4. The maximum Gasteiger partial charge on any atom is 0.416 e. The summed E-state index contributed by atoms with van der Waals surface area (Å²) < 4.78 is 44.5. The molecule has 3 heterocycles. The summed E-state index contributed by atoms with van der Waals surface area (Å²) in [7, 11) is 3.68. The zero-order valence-corrected chi connectivity index (χ0v) is 25.0. The number of urea groups is 1. The average molecular weight is 599 g/mol. The van der Waals surface area contributed by atoms with Gasteiger partial charge in [0, 0.05) is 57.9 Å². The van der Waals surface area contributed by atoms with Crippen LogP contribution in [0.4, 0.5) is 18.0 Å². The number of likely N-dealkylation sites (tertiary alicyclic amines) is 2. The van der Waals surface area contributed by atoms with Gasteiger partial charge in [0.1, 0.15) is 0 Å². The van der Waals surface area contributed by atoms with Crippen LogP contribution in [0.5, 0.6) is 0 Å². The molecular weight excluding hydrogens is 557 g/mol. The van der Waals surface area contributed by atoms with Gasteiger partial charge in [-0.05, 0) is 80.3 Å². The highest BCUT2D eigenvalue weighted by Gasteiger charge is 2.44. The number of carbonyl (C=O) groups excluding carboxylic acids is 2. The summed E-state index contributed by atoms with van der Waals surface area (Å²) in [6.45, 7) is 3.96. The van der Waals surface area contributed by atoms with Crippen molar-refractivity contribution in [3.05, 3.63) is 59.7 Å². The van der Waals surface area contributed by atoms with Crippen LogP contribution >= 0.6 is 0 Å². The first-order chi connectivity index (χ1) is 20.5. The standard InChI is InChI=1S/C33H41F3N4O3/c1-37(30(41)25-5-3-23(4-6-25)24-7-9-26(10-8-24)33(34,35)36)28-14-19-40(22-28)31(42)38(2)29-13-18-39(21-29)27-11-15-32(16-12-27)17-20-43-32/h3-10,27-29H,11-22H2,1-2H3/t27?,28-,29?,32?/m0/s1. The van der Waals surface area contributed by atoms with Crippen LogP contribution in [0.2, 0.25) is 0 Å². The Bertz CT molecular complexity index is 1300. The predicted molar refractivity (Wildman–Crippen MR) is 158 cm³/mol. The Morgan fingerprint density at radius 1 is 0.814 bits per heavy atom. The maximum atomic E-state index is 13.5. The van der Waals surface area contributed by atoms with Gasteiger partial charge in [0.25, 0.3) is 5.91 Å². The van der Waals surface area contributed by atoms with E-state index in [0.29, 0.717) is 36.7 Å². The first-order valence-electron chi connectivity index (χ1n) is 15.5. The molecule has 232 valence electrons. The average Bonchev–Trinajstić information content (AvgIpc) is 3.70. The van der Waals surface area contributed by atoms with Crippen molar-refractivity contribution in [3.63, 3.8) is 0 Å². The molecule has 0 radical (unpaired) electrons. The fourth-order valence-electron chi connectivity index (χ4n) is 7.33.